The smallest absolute Gasteiger partial charge is 0.320 e. The van der Waals surface area contributed by atoms with E-state index in [0.29, 0.717) is 13.0 Å². The molecule has 0 fully saturated rings. The average molecular weight is 146 g/mol. The molecule has 1 unspecified atom stereocenters. The summed E-state index contributed by atoms with van der Waals surface area (Å²) in [5.74, 6) is -1.05. The lowest BCUT2D eigenvalue weighted by Gasteiger charge is -2.03. The van der Waals surface area contributed by atoms with Gasteiger partial charge in [0.05, 0.1) is 0 Å². The minimum absolute atomic E-state index is 0.258. The molecule has 0 saturated heterocycles. The minimum atomic E-state index is -1.05. The van der Waals surface area contributed by atoms with E-state index in [9.17, 15) is 9.59 Å². The van der Waals surface area contributed by atoms with Crippen molar-refractivity contribution in [2.45, 2.75) is 12.5 Å². The van der Waals surface area contributed by atoms with E-state index in [2.05, 4.69) is 5.32 Å². The van der Waals surface area contributed by atoms with Crippen molar-refractivity contribution in [1.82, 2.24) is 5.32 Å². The zero-order valence-corrected chi connectivity index (χ0v) is 5.41. The van der Waals surface area contributed by atoms with Crippen LogP contribution in [0.25, 0.3) is 0 Å². The number of nitrogens with two attached hydrogens (primary N) is 1. The number of nitrogens with one attached hydrogen (secondary N) is 1. The van der Waals surface area contributed by atoms with Crippen LogP contribution in [0.5, 0.6) is 0 Å². The highest BCUT2D eigenvalue weighted by molar-refractivity contribution is 5.73. The zero-order chi connectivity index (χ0) is 7.98. The molecule has 0 aromatic carbocycles. The molecule has 0 aromatic rings. The first-order valence-electron chi connectivity index (χ1n) is 2.84. The van der Waals surface area contributed by atoms with Crippen molar-refractivity contribution in [2.24, 2.45) is 5.73 Å². The number of hydrogen-bond acceptors (Lipinski definition) is 3. The second-order valence-electron chi connectivity index (χ2n) is 1.81. The second-order valence-corrected chi connectivity index (χ2v) is 1.81. The Hall–Kier alpha value is -1.10. The van der Waals surface area contributed by atoms with Gasteiger partial charge in [0.1, 0.15) is 6.04 Å². The van der Waals surface area contributed by atoms with E-state index in [0.717, 1.165) is 0 Å². The summed E-state index contributed by atoms with van der Waals surface area (Å²) in [7, 11) is 0. The van der Waals surface area contributed by atoms with Gasteiger partial charge < -0.3 is 16.2 Å². The molecule has 4 N–H and O–H groups in total. The van der Waals surface area contributed by atoms with E-state index in [1.54, 1.807) is 0 Å². The molecule has 0 bridgehead atoms. The predicted molar refractivity (Wildman–Crippen MR) is 34.3 cm³/mol. The highest BCUT2D eigenvalue weighted by Crippen LogP contribution is 1.84. The number of carbonyl (C=O) groups is 2. The van der Waals surface area contributed by atoms with Crippen LogP contribution < -0.4 is 11.1 Å². The predicted octanol–water partition coefficient (Wildman–Crippen LogP) is -1.47. The number of carboxylic acid groups (broad SMARTS) is 1. The monoisotopic (exact) mass is 146 g/mol. The second kappa shape index (κ2) is 4.75. The van der Waals surface area contributed by atoms with Crippen LogP contribution in [0.1, 0.15) is 6.42 Å². The van der Waals surface area contributed by atoms with Crippen molar-refractivity contribution in [3.63, 3.8) is 0 Å². The summed E-state index contributed by atoms with van der Waals surface area (Å²) in [6.07, 6.45) is 0.767. The fraction of sp³-hybridized carbons (Fsp3) is 0.600. The van der Waals surface area contributed by atoms with Gasteiger partial charge in [-0.15, -0.1) is 0 Å². The van der Waals surface area contributed by atoms with Gasteiger partial charge in [0.2, 0.25) is 6.41 Å². The lowest BCUT2D eigenvalue weighted by molar-refractivity contribution is -0.138. The number of carboxylic acids is 1. The van der Waals surface area contributed by atoms with Crippen molar-refractivity contribution in [3.8, 4) is 0 Å². The van der Waals surface area contributed by atoms with E-state index < -0.39 is 12.0 Å². The molecular formula is C5H10N2O3. The van der Waals surface area contributed by atoms with E-state index in [-0.39, 0.29) is 6.42 Å². The van der Waals surface area contributed by atoms with Gasteiger partial charge in [-0.3, -0.25) is 9.59 Å². The molecule has 0 radical (unpaired) electrons. The maximum absolute atomic E-state index is 10.1. The van der Waals surface area contributed by atoms with Gasteiger partial charge in [0.25, 0.3) is 0 Å². The fourth-order valence-corrected chi connectivity index (χ4v) is 0.421. The Morgan fingerprint density at radius 3 is 2.80 bits per heavy atom. The largest absolute Gasteiger partial charge is 0.480 e. The van der Waals surface area contributed by atoms with Crippen molar-refractivity contribution in [2.75, 3.05) is 6.54 Å². The normalized spacial score (nSPS) is 12.1. The summed E-state index contributed by atoms with van der Waals surface area (Å²) >= 11 is 0. The first-order chi connectivity index (χ1) is 4.68. The minimum Gasteiger partial charge on any atom is -0.480 e. The van der Waals surface area contributed by atoms with Gasteiger partial charge in [-0.1, -0.05) is 0 Å². The maximum Gasteiger partial charge on any atom is 0.320 e. The Bertz CT molecular complexity index is 126. The van der Waals surface area contributed by atoms with Crippen molar-refractivity contribution < 1.29 is 14.7 Å². The van der Waals surface area contributed by atoms with Crippen LogP contribution >= 0.6 is 0 Å². The molecule has 0 saturated carbocycles. The Labute approximate surface area is 58.2 Å². The molecule has 0 aromatic heterocycles. The van der Waals surface area contributed by atoms with Gasteiger partial charge in [0, 0.05) is 6.54 Å². The number of hydrogen-bond donors (Lipinski definition) is 3. The molecule has 0 aliphatic heterocycles. The van der Waals surface area contributed by atoms with Gasteiger partial charge in [-0.2, -0.15) is 0 Å². The standard InChI is InChI=1S/C5H10N2O3/c6-4(5(9)10)1-2-7-3-8/h3-4H,1-2,6H2,(H,7,8)(H,9,10). The van der Waals surface area contributed by atoms with E-state index in [1.165, 1.54) is 0 Å². The van der Waals surface area contributed by atoms with Crippen molar-refractivity contribution in [1.29, 1.82) is 0 Å². The average Bonchev–Trinajstić information content (AvgIpc) is 1.88. The molecule has 0 rings (SSSR count). The van der Waals surface area contributed by atoms with Crippen LogP contribution in [-0.2, 0) is 9.59 Å². The van der Waals surface area contributed by atoms with Gasteiger partial charge in [-0.25, -0.2) is 0 Å². The van der Waals surface area contributed by atoms with Crippen LogP contribution in [0.15, 0.2) is 0 Å². The number of amides is 1. The molecule has 10 heavy (non-hydrogen) atoms. The number of carbonyl (C=O) groups excluding carboxylic acids is 1. The Morgan fingerprint density at radius 1 is 1.80 bits per heavy atom. The summed E-state index contributed by atoms with van der Waals surface area (Å²) in [4.78, 5) is 19.7. The first-order valence-corrected chi connectivity index (χ1v) is 2.84. The number of rotatable bonds is 5. The number of aliphatic carboxylic acids is 1. The van der Waals surface area contributed by atoms with Gasteiger partial charge in [-0.05, 0) is 6.42 Å². The summed E-state index contributed by atoms with van der Waals surface area (Å²) in [6, 6.07) is -0.882. The van der Waals surface area contributed by atoms with E-state index in [4.69, 9.17) is 10.8 Å². The third-order valence-corrected chi connectivity index (χ3v) is 1.00. The third kappa shape index (κ3) is 3.85. The molecule has 5 heteroatoms. The van der Waals surface area contributed by atoms with Crippen LogP contribution in [0.3, 0.4) is 0 Å². The molecule has 0 spiro atoms. The lowest BCUT2D eigenvalue weighted by atomic mass is 10.2. The van der Waals surface area contributed by atoms with Crippen LogP contribution in [0.2, 0.25) is 0 Å². The third-order valence-electron chi connectivity index (χ3n) is 1.00. The van der Waals surface area contributed by atoms with Crippen molar-refractivity contribution >= 4 is 12.4 Å². The molecule has 0 aliphatic rings. The zero-order valence-electron chi connectivity index (χ0n) is 5.41. The molecular weight excluding hydrogens is 136 g/mol. The topological polar surface area (TPSA) is 92.4 Å². The van der Waals surface area contributed by atoms with Crippen LogP contribution in [0.4, 0.5) is 0 Å². The van der Waals surface area contributed by atoms with Crippen molar-refractivity contribution in [3.05, 3.63) is 0 Å². The quantitative estimate of drug-likeness (QED) is 0.326. The van der Waals surface area contributed by atoms with E-state index in [1.807, 2.05) is 0 Å². The lowest BCUT2D eigenvalue weighted by Crippen LogP contribution is -2.33. The van der Waals surface area contributed by atoms with E-state index >= 15 is 0 Å². The Balaban J connectivity index is 3.30. The molecule has 1 atom stereocenters. The molecule has 5 nitrogen and oxygen atoms in total. The maximum atomic E-state index is 10.1. The Morgan fingerprint density at radius 2 is 2.40 bits per heavy atom. The fourth-order valence-electron chi connectivity index (χ4n) is 0.421. The summed E-state index contributed by atoms with van der Waals surface area (Å²) in [5, 5.41) is 10.6. The van der Waals surface area contributed by atoms with Crippen LogP contribution in [-0.4, -0.2) is 30.1 Å². The molecule has 1 amide bonds. The summed E-state index contributed by atoms with van der Waals surface area (Å²) in [6.45, 7) is 0.303. The molecule has 0 heterocycles. The summed E-state index contributed by atoms with van der Waals surface area (Å²) in [5.41, 5.74) is 5.10. The Kier molecular flexibility index (Phi) is 4.23. The SMILES string of the molecule is NC(CCNC=O)C(=O)O. The summed E-state index contributed by atoms with van der Waals surface area (Å²) < 4.78 is 0. The van der Waals surface area contributed by atoms with Gasteiger partial charge in [0.15, 0.2) is 0 Å². The highest BCUT2D eigenvalue weighted by atomic mass is 16.4. The molecule has 0 aliphatic carbocycles. The van der Waals surface area contributed by atoms with Gasteiger partial charge >= 0.3 is 5.97 Å². The first kappa shape index (κ1) is 8.90. The molecule has 58 valence electrons. The highest BCUT2D eigenvalue weighted by Gasteiger charge is 2.09. The van der Waals surface area contributed by atoms with Crippen LogP contribution in [0, 0.1) is 0 Å².